The smallest absolute Gasteiger partial charge is 0.256 e. The second kappa shape index (κ2) is 7.53. The van der Waals surface area contributed by atoms with Crippen molar-refractivity contribution < 1.29 is 4.79 Å². The van der Waals surface area contributed by atoms with Crippen LogP contribution in [0.2, 0.25) is 5.15 Å². The molecule has 0 fully saturated rings. The third-order valence-corrected chi connectivity index (χ3v) is 4.52. The summed E-state index contributed by atoms with van der Waals surface area (Å²) in [6.07, 6.45) is 0. The first-order valence-corrected chi connectivity index (χ1v) is 8.59. The summed E-state index contributed by atoms with van der Waals surface area (Å²) in [5.41, 5.74) is 3.04. The maximum absolute atomic E-state index is 12.6. The number of rotatable bonds is 5. The lowest BCUT2D eigenvalue weighted by Gasteiger charge is -2.13. The van der Waals surface area contributed by atoms with Gasteiger partial charge in [-0.15, -0.1) is 0 Å². The summed E-state index contributed by atoms with van der Waals surface area (Å²) < 4.78 is 1.59. The first-order valence-electron chi connectivity index (χ1n) is 8.21. The summed E-state index contributed by atoms with van der Waals surface area (Å²) in [5, 5.41) is 7.70. The Morgan fingerprint density at radius 3 is 2.36 bits per heavy atom. The first kappa shape index (κ1) is 17.2. The molecule has 1 atom stereocenters. The van der Waals surface area contributed by atoms with Crippen molar-refractivity contribution in [2.75, 3.05) is 6.54 Å². The molecule has 1 amide bonds. The minimum Gasteiger partial charge on any atom is -0.351 e. The maximum Gasteiger partial charge on any atom is 0.256 e. The van der Waals surface area contributed by atoms with Gasteiger partial charge in [-0.2, -0.15) is 5.10 Å². The van der Waals surface area contributed by atoms with Gasteiger partial charge in [-0.05, 0) is 30.5 Å². The van der Waals surface area contributed by atoms with Gasteiger partial charge >= 0.3 is 0 Å². The summed E-state index contributed by atoms with van der Waals surface area (Å²) in [4.78, 5) is 12.6. The van der Waals surface area contributed by atoms with Crippen LogP contribution in [0, 0.1) is 6.92 Å². The van der Waals surface area contributed by atoms with Crippen molar-refractivity contribution in [2.24, 2.45) is 0 Å². The summed E-state index contributed by atoms with van der Waals surface area (Å²) in [5.74, 6) is 0.0147. The van der Waals surface area contributed by atoms with E-state index in [0.717, 1.165) is 5.69 Å². The van der Waals surface area contributed by atoms with Crippen molar-refractivity contribution >= 4 is 17.5 Å². The Hall–Kier alpha value is -2.59. The zero-order valence-corrected chi connectivity index (χ0v) is 15.0. The van der Waals surface area contributed by atoms with Crippen LogP contribution >= 0.6 is 11.6 Å². The standard InChI is InChI=1S/C20H20ClN3O/c1-14(16-9-5-3-6-10-16)13-22-20(25)18-15(2)23-24(19(18)21)17-11-7-4-8-12-17/h3-12,14H,13H2,1-2H3,(H,22,25)/t14-/m1/s1. The zero-order chi connectivity index (χ0) is 17.8. The van der Waals surface area contributed by atoms with E-state index >= 15 is 0 Å². The van der Waals surface area contributed by atoms with Gasteiger partial charge in [0.1, 0.15) is 5.15 Å². The number of para-hydroxylation sites is 1. The molecule has 3 aromatic rings. The van der Waals surface area contributed by atoms with Crippen LogP contribution in [0.4, 0.5) is 0 Å². The van der Waals surface area contributed by atoms with Gasteiger partial charge in [0.25, 0.3) is 5.91 Å². The number of amides is 1. The highest BCUT2D eigenvalue weighted by atomic mass is 35.5. The number of aryl methyl sites for hydroxylation is 1. The van der Waals surface area contributed by atoms with Crippen molar-refractivity contribution in [2.45, 2.75) is 19.8 Å². The van der Waals surface area contributed by atoms with Crippen molar-refractivity contribution in [3.63, 3.8) is 0 Å². The molecule has 0 saturated heterocycles. The average molecular weight is 354 g/mol. The van der Waals surface area contributed by atoms with E-state index < -0.39 is 0 Å². The fourth-order valence-electron chi connectivity index (χ4n) is 2.73. The highest BCUT2D eigenvalue weighted by Crippen LogP contribution is 2.23. The van der Waals surface area contributed by atoms with E-state index in [-0.39, 0.29) is 11.8 Å². The highest BCUT2D eigenvalue weighted by Gasteiger charge is 2.21. The molecule has 1 heterocycles. The molecule has 0 aliphatic carbocycles. The average Bonchev–Trinajstić information content (AvgIpc) is 2.95. The Labute approximate surface area is 152 Å². The van der Waals surface area contributed by atoms with Gasteiger partial charge in [0, 0.05) is 6.54 Å². The Bertz CT molecular complexity index is 859. The molecule has 3 rings (SSSR count). The number of carbonyl (C=O) groups excluding carboxylic acids is 1. The van der Waals surface area contributed by atoms with E-state index in [0.29, 0.717) is 23.0 Å². The van der Waals surface area contributed by atoms with Crippen LogP contribution in [-0.2, 0) is 0 Å². The third-order valence-electron chi connectivity index (χ3n) is 4.17. The molecule has 0 bridgehead atoms. The molecular weight excluding hydrogens is 334 g/mol. The van der Waals surface area contributed by atoms with E-state index in [9.17, 15) is 4.79 Å². The molecular formula is C20H20ClN3O. The van der Waals surface area contributed by atoms with Gasteiger partial charge in [0.2, 0.25) is 0 Å². The molecule has 2 aromatic carbocycles. The Balaban J connectivity index is 1.76. The Morgan fingerprint density at radius 2 is 1.72 bits per heavy atom. The molecule has 5 heteroatoms. The van der Waals surface area contributed by atoms with Crippen LogP contribution in [0.25, 0.3) is 5.69 Å². The molecule has 4 nitrogen and oxygen atoms in total. The number of aromatic nitrogens is 2. The second-order valence-electron chi connectivity index (χ2n) is 6.02. The monoisotopic (exact) mass is 353 g/mol. The predicted octanol–water partition coefficient (Wildman–Crippen LogP) is 4.37. The molecule has 0 radical (unpaired) electrons. The predicted molar refractivity (Wildman–Crippen MR) is 101 cm³/mol. The van der Waals surface area contributed by atoms with Crippen LogP contribution in [0.3, 0.4) is 0 Å². The fourth-order valence-corrected chi connectivity index (χ4v) is 3.09. The van der Waals surface area contributed by atoms with Crippen LogP contribution in [0.1, 0.15) is 34.5 Å². The lowest BCUT2D eigenvalue weighted by molar-refractivity contribution is 0.0951. The van der Waals surface area contributed by atoms with E-state index in [1.165, 1.54) is 5.56 Å². The molecule has 0 aliphatic rings. The first-order chi connectivity index (χ1) is 12.1. The van der Waals surface area contributed by atoms with Crippen molar-refractivity contribution in [3.8, 4) is 5.69 Å². The molecule has 0 saturated carbocycles. The summed E-state index contributed by atoms with van der Waals surface area (Å²) in [6.45, 7) is 4.41. The van der Waals surface area contributed by atoms with Crippen LogP contribution in [-0.4, -0.2) is 22.2 Å². The lowest BCUT2D eigenvalue weighted by Crippen LogP contribution is -2.28. The lowest BCUT2D eigenvalue weighted by atomic mass is 10.0. The normalized spacial score (nSPS) is 12.0. The molecule has 0 unspecified atom stereocenters. The van der Waals surface area contributed by atoms with Gasteiger partial charge in [-0.25, -0.2) is 4.68 Å². The summed E-state index contributed by atoms with van der Waals surface area (Å²) in [6, 6.07) is 19.6. The minimum atomic E-state index is -0.201. The summed E-state index contributed by atoms with van der Waals surface area (Å²) >= 11 is 6.43. The van der Waals surface area contributed by atoms with Crippen LogP contribution in [0.5, 0.6) is 0 Å². The molecule has 25 heavy (non-hydrogen) atoms. The van der Waals surface area contributed by atoms with Crippen LogP contribution in [0.15, 0.2) is 60.7 Å². The van der Waals surface area contributed by atoms with Gasteiger partial charge in [-0.1, -0.05) is 67.1 Å². The van der Waals surface area contributed by atoms with Gasteiger partial charge in [-0.3, -0.25) is 4.79 Å². The fraction of sp³-hybridized carbons (Fsp3) is 0.200. The third kappa shape index (κ3) is 3.74. The number of nitrogens with one attached hydrogen (secondary N) is 1. The van der Waals surface area contributed by atoms with Gasteiger partial charge in [0.15, 0.2) is 0 Å². The van der Waals surface area contributed by atoms with Gasteiger partial charge < -0.3 is 5.32 Å². The molecule has 1 N–H and O–H groups in total. The van der Waals surface area contributed by atoms with E-state index in [2.05, 4.69) is 29.5 Å². The Morgan fingerprint density at radius 1 is 1.12 bits per heavy atom. The number of halogens is 1. The van der Waals surface area contributed by atoms with E-state index in [4.69, 9.17) is 11.6 Å². The highest BCUT2D eigenvalue weighted by molar-refractivity contribution is 6.33. The number of hydrogen-bond acceptors (Lipinski definition) is 2. The number of benzene rings is 2. The SMILES string of the molecule is Cc1nn(-c2ccccc2)c(Cl)c1C(=O)NC[C@@H](C)c1ccccc1. The van der Waals surface area contributed by atoms with Gasteiger partial charge in [0.05, 0.1) is 16.9 Å². The Kier molecular flexibility index (Phi) is 5.19. The maximum atomic E-state index is 12.6. The number of nitrogens with zero attached hydrogens (tertiary/aromatic N) is 2. The molecule has 0 aliphatic heterocycles. The minimum absolute atomic E-state index is 0.201. The number of carbonyl (C=O) groups is 1. The molecule has 128 valence electrons. The van der Waals surface area contributed by atoms with Crippen LogP contribution < -0.4 is 5.32 Å². The zero-order valence-electron chi connectivity index (χ0n) is 14.2. The van der Waals surface area contributed by atoms with Crippen molar-refractivity contribution in [1.29, 1.82) is 0 Å². The largest absolute Gasteiger partial charge is 0.351 e. The van der Waals surface area contributed by atoms with Crippen molar-refractivity contribution in [1.82, 2.24) is 15.1 Å². The number of hydrogen-bond donors (Lipinski definition) is 1. The molecule has 1 aromatic heterocycles. The van der Waals surface area contributed by atoms with E-state index in [1.807, 2.05) is 48.5 Å². The van der Waals surface area contributed by atoms with E-state index in [1.54, 1.807) is 11.6 Å². The second-order valence-corrected chi connectivity index (χ2v) is 6.38. The summed E-state index contributed by atoms with van der Waals surface area (Å²) in [7, 11) is 0. The van der Waals surface area contributed by atoms with Crippen molar-refractivity contribution in [3.05, 3.63) is 82.6 Å². The quantitative estimate of drug-likeness (QED) is 0.740. The molecule has 0 spiro atoms. The topological polar surface area (TPSA) is 46.9 Å².